The summed E-state index contributed by atoms with van der Waals surface area (Å²) in [5, 5.41) is 0. The highest BCUT2D eigenvalue weighted by atomic mass is 16.2. The molecule has 1 aromatic rings. The first-order valence-electron chi connectivity index (χ1n) is 5.99. The molecule has 1 amide bonds. The number of nitrogen functional groups attached to an aromatic ring is 1. The molecule has 2 N–H and O–H groups in total. The van der Waals surface area contributed by atoms with E-state index < -0.39 is 0 Å². The number of rotatable bonds is 3. The molecule has 1 rings (SSSR count). The smallest absolute Gasteiger partial charge is 0.227 e. The highest BCUT2D eigenvalue weighted by Crippen LogP contribution is 2.15. The number of anilines is 1. The van der Waals surface area contributed by atoms with Crippen molar-refractivity contribution in [1.29, 1.82) is 0 Å². The van der Waals surface area contributed by atoms with Gasteiger partial charge in [-0.15, -0.1) is 0 Å². The summed E-state index contributed by atoms with van der Waals surface area (Å²) < 4.78 is 0. The summed E-state index contributed by atoms with van der Waals surface area (Å²) in [6.07, 6.45) is 0.436. The maximum atomic E-state index is 12.2. The second kappa shape index (κ2) is 5.21. The quantitative estimate of drug-likeness (QED) is 0.817. The van der Waals surface area contributed by atoms with Crippen LogP contribution in [0.25, 0.3) is 0 Å². The van der Waals surface area contributed by atoms with Crippen molar-refractivity contribution in [3.05, 3.63) is 29.8 Å². The van der Waals surface area contributed by atoms with Crippen LogP contribution < -0.4 is 5.73 Å². The molecule has 0 heterocycles. The fourth-order valence-corrected chi connectivity index (χ4v) is 1.93. The van der Waals surface area contributed by atoms with Crippen molar-refractivity contribution in [2.45, 2.75) is 39.7 Å². The van der Waals surface area contributed by atoms with Gasteiger partial charge >= 0.3 is 0 Å². The minimum atomic E-state index is -0.125. The Hall–Kier alpha value is -1.51. The number of hydrogen-bond acceptors (Lipinski definition) is 2. The molecule has 0 unspecified atom stereocenters. The van der Waals surface area contributed by atoms with Crippen LogP contribution in [0.5, 0.6) is 0 Å². The number of benzene rings is 1. The second-order valence-corrected chi connectivity index (χ2v) is 5.23. The Bertz CT molecular complexity index is 376. The van der Waals surface area contributed by atoms with Crippen molar-refractivity contribution in [3.8, 4) is 0 Å². The molecular weight excluding hydrogens is 212 g/mol. The fraction of sp³-hybridized carbons (Fsp3) is 0.500. The average molecular weight is 234 g/mol. The third-order valence-corrected chi connectivity index (χ3v) is 2.76. The molecule has 0 atom stereocenters. The monoisotopic (exact) mass is 234 g/mol. The number of hydrogen-bond donors (Lipinski definition) is 1. The number of carbonyl (C=O) groups excluding carboxylic acids is 1. The van der Waals surface area contributed by atoms with Crippen LogP contribution in [0.3, 0.4) is 0 Å². The zero-order valence-electron chi connectivity index (χ0n) is 11.2. The molecule has 94 valence electrons. The van der Waals surface area contributed by atoms with E-state index in [1.807, 2.05) is 36.1 Å². The SMILES string of the molecule is CCN(C(=O)Cc1ccc(N)cc1)C(C)(C)C. The largest absolute Gasteiger partial charge is 0.399 e. The van der Waals surface area contributed by atoms with Gasteiger partial charge in [0.05, 0.1) is 6.42 Å². The molecule has 0 spiro atoms. The maximum absolute atomic E-state index is 12.2. The van der Waals surface area contributed by atoms with Gasteiger partial charge < -0.3 is 10.6 Å². The lowest BCUT2D eigenvalue weighted by atomic mass is 10.0. The summed E-state index contributed by atoms with van der Waals surface area (Å²) in [7, 11) is 0. The van der Waals surface area contributed by atoms with E-state index in [1.165, 1.54) is 0 Å². The summed E-state index contributed by atoms with van der Waals surface area (Å²) >= 11 is 0. The van der Waals surface area contributed by atoms with Crippen molar-refractivity contribution in [2.24, 2.45) is 0 Å². The van der Waals surface area contributed by atoms with E-state index in [0.717, 1.165) is 17.8 Å². The number of likely N-dealkylation sites (N-methyl/N-ethyl adjacent to an activating group) is 1. The van der Waals surface area contributed by atoms with E-state index in [0.29, 0.717) is 6.42 Å². The third kappa shape index (κ3) is 3.77. The number of nitrogens with two attached hydrogens (primary N) is 1. The van der Waals surface area contributed by atoms with Gasteiger partial charge in [0.1, 0.15) is 0 Å². The first-order chi connectivity index (χ1) is 7.84. The van der Waals surface area contributed by atoms with Crippen molar-refractivity contribution >= 4 is 11.6 Å². The summed E-state index contributed by atoms with van der Waals surface area (Å²) in [5.74, 6) is 0.157. The van der Waals surface area contributed by atoms with E-state index in [-0.39, 0.29) is 11.4 Å². The van der Waals surface area contributed by atoms with Crippen LogP contribution in [0.15, 0.2) is 24.3 Å². The molecule has 0 aliphatic carbocycles. The Morgan fingerprint density at radius 3 is 2.18 bits per heavy atom. The zero-order chi connectivity index (χ0) is 13.1. The van der Waals surface area contributed by atoms with E-state index in [9.17, 15) is 4.79 Å². The molecule has 0 aliphatic rings. The van der Waals surface area contributed by atoms with Crippen LogP contribution in [-0.4, -0.2) is 22.9 Å². The molecule has 0 saturated carbocycles. The van der Waals surface area contributed by atoms with Gasteiger partial charge in [0.15, 0.2) is 0 Å². The predicted molar refractivity (Wildman–Crippen MR) is 71.7 cm³/mol. The Labute approximate surface area is 104 Å². The highest BCUT2D eigenvalue weighted by Gasteiger charge is 2.24. The Morgan fingerprint density at radius 2 is 1.76 bits per heavy atom. The zero-order valence-corrected chi connectivity index (χ0v) is 11.2. The summed E-state index contributed by atoms with van der Waals surface area (Å²) in [4.78, 5) is 14.1. The van der Waals surface area contributed by atoms with Crippen molar-refractivity contribution in [2.75, 3.05) is 12.3 Å². The normalized spacial score (nSPS) is 11.3. The van der Waals surface area contributed by atoms with E-state index in [4.69, 9.17) is 5.73 Å². The highest BCUT2D eigenvalue weighted by molar-refractivity contribution is 5.79. The molecule has 0 saturated heterocycles. The van der Waals surface area contributed by atoms with Gasteiger partial charge in [-0.05, 0) is 45.4 Å². The van der Waals surface area contributed by atoms with Gasteiger partial charge in [-0.1, -0.05) is 12.1 Å². The Balaban J connectivity index is 2.74. The number of amides is 1. The first-order valence-corrected chi connectivity index (χ1v) is 5.99. The molecule has 0 aromatic heterocycles. The van der Waals surface area contributed by atoms with Crippen molar-refractivity contribution < 1.29 is 4.79 Å². The van der Waals surface area contributed by atoms with Crippen molar-refractivity contribution in [1.82, 2.24) is 4.90 Å². The molecule has 3 heteroatoms. The summed E-state index contributed by atoms with van der Waals surface area (Å²) in [5.41, 5.74) is 7.22. The molecule has 3 nitrogen and oxygen atoms in total. The standard InChI is InChI=1S/C14H22N2O/c1-5-16(14(2,3)4)13(17)10-11-6-8-12(15)9-7-11/h6-9H,5,10,15H2,1-4H3. The molecule has 17 heavy (non-hydrogen) atoms. The molecule has 0 radical (unpaired) electrons. The van der Waals surface area contributed by atoms with Crippen LogP contribution in [0.2, 0.25) is 0 Å². The van der Waals surface area contributed by atoms with Crippen LogP contribution in [0.4, 0.5) is 5.69 Å². The van der Waals surface area contributed by atoms with Crippen molar-refractivity contribution in [3.63, 3.8) is 0 Å². The molecule has 1 aromatic carbocycles. The minimum Gasteiger partial charge on any atom is -0.399 e. The second-order valence-electron chi connectivity index (χ2n) is 5.23. The average Bonchev–Trinajstić information content (AvgIpc) is 2.20. The lowest BCUT2D eigenvalue weighted by Crippen LogP contribution is -2.46. The van der Waals surface area contributed by atoms with Gasteiger partial charge in [0.2, 0.25) is 5.91 Å². The van der Waals surface area contributed by atoms with Crippen LogP contribution in [0, 0.1) is 0 Å². The fourth-order valence-electron chi connectivity index (χ4n) is 1.93. The van der Waals surface area contributed by atoms with E-state index in [1.54, 1.807) is 0 Å². The molecular formula is C14H22N2O. The number of nitrogens with zero attached hydrogens (tertiary/aromatic N) is 1. The third-order valence-electron chi connectivity index (χ3n) is 2.76. The molecule has 0 bridgehead atoms. The van der Waals surface area contributed by atoms with Crippen LogP contribution in [0.1, 0.15) is 33.3 Å². The predicted octanol–water partition coefficient (Wildman–Crippen LogP) is 2.46. The van der Waals surface area contributed by atoms with Gasteiger partial charge in [-0.2, -0.15) is 0 Å². The number of carbonyl (C=O) groups is 1. The van der Waals surface area contributed by atoms with Gasteiger partial charge in [-0.25, -0.2) is 0 Å². The van der Waals surface area contributed by atoms with E-state index in [2.05, 4.69) is 20.8 Å². The topological polar surface area (TPSA) is 46.3 Å². The Kier molecular flexibility index (Phi) is 4.16. The maximum Gasteiger partial charge on any atom is 0.227 e. The minimum absolute atomic E-state index is 0.125. The first kappa shape index (κ1) is 13.6. The lowest BCUT2D eigenvalue weighted by Gasteiger charge is -2.35. The van der Waals surface area contributed by atoms with Crippen LogP contribution in [-0.2, 0) is 11.2 Å². The summed E-state index contributed by atoms with van der Waals surface area (Å²) in [6.45, 7) is 8.90. The van der Waals surface area contributed by atoms with Gasteiger partial charge in [-0.3, -0.25) is 4.79 Å². The Morgan fingerprint density at radius 1 is 1.24 bits per heavy atom. The summed E-state index contributed by atoms with van der Waals surface area (Å²) in [6, 6.07) is 7.47. The van der Waals surface area contributed by atoms with Crippen LogP contribution >= 0.6 is 0 Å². The molecule has 0 fully saturated rings. The van der Waals surface area contributed by atoms with E-state index >= 15 is 0 Å². The lowest BCUT2D eigenvalue weighted by molar-refractivity contribution is -0.134. The molecule has 0 aliphatic heterocycles. The van der Waals surface area contributed by atoms with Gasteiger partial charge in [0, 0.05) is 17.8 Å². The van der Waals surface area contributed by atoms with Gasteiger partial charge in [0.25, 0.3) is 0 Å².